The molecule has 2 aromatic rings. The molecule has 1 fully saturated rings. The van der Waals surface area contributed by atoms with Crippen LogP contribution in [0, 0.1) is 12.8 Å². The zero-order valence-electron chi connectivity index (χ0n) is 14.7. The van der Waals surface area contributed by atoms with Crippen molar-refractivity contribution in [2.75, 3.05) is 26.3 Å². The summed E-state index contributed by atoms with van der Waals surface area (Å²) < 4.78 is 45.2. The second-order valence-electron chi connectivity index (χ2n) is 7.22. The van der Waals surface area contributed by atoms with Gasteiger partial charge >= 0.3 is 6.18 Å². The van der Waals surface area contributed by atoms with E-state index in [1.807, 2.05) is 0 Å². The third kappa shape index (κ3) is 3.25. The lowest BCUT2D eigenvalue weighted by Crippen LogP contribution is -2.34. The summed E-state index contributed by atoms with van der Waals surface area (Å²) in [5, 5.41) is 7.42. The summed E-state index contributed by atoms with van der Waals surface area (Å²) in [5.41, 5.74) is 2.91. The summed E-state index contributed by atoms with van der Waals surface area (Å²) >= 11 is 0. The normalized spacial score (nSPS) is 21.2. The Morgan fingerprint density at radius 1 is 1.35 bits per heavy atom. The minimum atomic E-state index is -4.36. The van der Waals surface area contributed by atoms with Crippen molar-refractivity contribution in [2.24, 2.45) is 5.92 Å². The second kappa shape index (κ2) is 6.70. The third-order valence-corrected chi connectivity index (χ3v) is 5.45. The standard InChI is InChI=1S/C19H22F3N3O/c1-12-14(3-2-4-16(12)19(20,21)22)18-15-10-25(7-5-17(15)23-24-18)9-13-6-8-26-11-13/h2-4,13H,5-11H2,1H3,(H,23,24)/t13-/m0/s1. The molecule has 140 valence electrons. The van der Waals surface area contributed by atoms with Crippen LogP contribution >= 0.6 is 0 Å². The fourth-order valence-electron chi connectivity index (χ4n) is 4.02. The number of rotatable bonds is 3. The Morgan fingerprint density at radius 3 is 2.92 bits per heavy atom. The first-order chi connectivity index (χ1) is 12.4. The molecular formula is C19H22F3N3O. The highest BCUT2D eigenvalue weighted by atomic mass is 19.4. The van der Waals surface area contributed by atoms with E-state index in [9.17, 15) is 13.2 Å². The van der Waals surface area contributed by atoms with Gasteiger partial charge in [0.05, 0.1) is 17.9 Å². The molecule has 0 saturated carbocycles. The number of alkyl halides is 3. The van der Waals surface area contributed by atoms with Crippen molar-refractivity contribution in [3.63, 3.8) is 0 Å². The van der Waals surface area contributed by atoms with Gasteiger partial charge in [-0.05, 0) is 30.9 Å². The maximum atomic E-state index is 13.3. The minimum Gasteiger partial charge on any atom is -0.381 e. The number of aromatic nitrogens is 2. The summed E-state index contributed by atoms with van der Waals surface area (Å²) in [6, 6.07) is 4.32. The van der Waals surface area contributed by atoms with Gasteiger partial charge in [-0.2, -0.15) is 18.3 Å². The van der Waals surface area contributed by atoms with E-state index in [1.54, 1.807) is 6.07 Å². The molecule has 1 saturated heterocycles. The maximum Gasteiger partial charge on any atom is 0.416 e. The lowest BCUT2D eigenvalue weighted by Gasteiger charge is -2.29. The second-order valence-corrected chi connectivity index (χ2v) is 7.22. The monoisotopic (exact) mass is 365 g/mol. The number of nitrogens with zero attached hydrogens (tertiary/aromatic N) is 2. The highest BCUT2D eigenvalue weighted by Crippen LogP contribution is 2.37. The predicted molar refractivity (Wildman–Crippen MR) is 91.7 cm³/mol. The van der Waals surface area contributed by atoms with Crippen LogP contribution in [0.25, 0.3) is 11.3 Å². The van der Waals surface area contributed by atoms with Crippen molar-refractivity contribution in [1.82, 2.24) is 15.1 Å². The Kier molecular flexibility index (Phi) is 4.52. The zero-order valence-corrected chi connectivity index (χ0v) is 14.7. The highest BCUT2D eigenvalue weighted by Gasteiger charge is 2.34. The van der Waals surface area contributed by atoms with Crippen LogP contribution in [-0.4, -0.2) is 41.4 Å². The van der Waals surface area contributed by atoms with E-state index in [0.29, 0.717) is 23.7 Å². The lowest BCUT2D eigenvalue weighted by molar-refractivity contribution is -0.138. The average Bonchev–Trinajstić information content (AvgIpc) is 3.23. The van der Waals surface area contributed by atoms with Crippen LogP contribution in [0.1, 0.15) is 28.8 Å². The summed E-state index contributed by atoms with van der Waals surface area (Å²) in [6.45, 7) is 5.76. The quantitative estimate of drug-likeness (QED) is 0.900. The molecule has 1 aromatic carbocycles. The minimum absolute atomic E-state index is 0.232. The smallest absolute Gasteiger partial charge is 0.381 e. The molecule has 4 nitrogen and oxygen atoms in total. The van der Waals surface area contributed by atoms with Gasteiger partial charge in [0, 0.05) is 49.5 Å². The molecule has 0 radical (unpaired) electrons. The Hall–Kier alpha value is -1.86. The largest absolute Gasteiger partial charge is 0.416 e. The number of halogens is 3. The van der Waals surface area contributed by atoms with Crippen LogP contribution in [-0.2, 0) is 23.9 Å². The first kappa shape index (κ1) is 17.5. The van der Waals surface area contributed by atoms with E-state index in [0.717, 1.165) is 56.5 Å². The van der Waals surface area contributed by atoms with E-state index in [1.165, 1.54) is 13.0 Å². The van der Waals surface area contributed by atoms with Crippen molar-refractivity contribution < 1.29 is 17.9 Å². The summed E-state index contributed by atoms with van der Waals surface area (Å²) in [5.74, 6) is 0.544. The number of fused-ring (bicyclic) bond motifs is 1. The van der Waals surface area contributed by atoms with Crippen molar-refractivity contribution in [2.45, 2.75) is 32.5 Å². The molecule has 3 heterocycles. The zero-order chi connectivity index (χ0) is 18.3. The number of nitrogens with one attached hydrogen (secondary N) is 1. The Bertz CT molecular complexity index is 794. The molecule has 0 amide bonds. The average molecular weight is 365 g/mol. The molecule has 2 aliphatic heterocycles. The number of aromatic amines is 1. The van der Waals surface area contributed by atoms with Crippen LogP contribution in [0.2, 0.25) is 0 Å². The lowest BCUT2D eigenvalue weighted by atomic mass is 9.94. The summed E-state index contributed by atoms with van der Waals surface area (Å²) in [6.07, 6.45) is -2.44. The number of ether oxygens (including phenoxy) is 1. The molecule has 0 bridgehead atoms. The predicted octanol–water partition coefficient (Wildman–Crippen LogP) is 3.80. The fourth-order valence-corrected chi connectivity index (χ4v) is 4.02. The molecule has 1 N–H and O–H groups in total. The van der Waals surface area contributed by atoms with E-state index >= 15 is 0 Å². The molecule has 0 spiro atoms. The van der Waals surface area contributed by atoms with Crippen molar-refractivity contribution in [3.8, 4) is 11.3 Å². The SMILES string of the molecule is Cc1c(-c2n[nH]c3c2CN(C[C@@H]2CCOC2)CC3)cccc1C(F)(F)F. The number of hydrogen-bond donors (Lipinski definition) is 1. The molecule has 2 aliphatic rings. The first-order valence-electron chi connectivity index (χ1n) is 8.97. The van der Waals surface area contributed by atoms with Gasteiger partial charge in [0.1, 0.15) is 0 Å². The third-order valence-electron chi connectivity index (χ3n) is 5.45. The molecule has 4 rings (SSSR count). The fraction of sp³-hybridized carbons (Fsp3) is 0.526. The van der Waals surface area contributed by atoms with Crippen molar-refractivity contribution >= 4 is 0 Å². The van der Waals surface area contributed by atoms with Crippen LogP contribution < -0.4 is 0 Å². The number of H-pyrrole nitrogens is 1. The molecule has 1 atom stereocenters. The number of hydrogen-bond acceptors (Lipinski definition) is 3. The van der Waals surface area contributed by atoms with Gasteiger partial charge in [-0.3, -0.25) is 10.00 Å². The summed E-state index contributed by atoms with van der Waals surface area (Å²) in [4.78, 5) is 2.36. The van der Waals surface area contributed by atoms with Crippen LogP contribution in [0.5, 0.6) is 0 Å². The van der Waals surface area contributed by atoms with Gasteiger partial charge in [0.15, 0.2) is 0 Å². The van der Waals surface area contributed by atoms with Crippen molar-refractivity contribution in [3.05, 3.63) is 40.6 Å². The van der Waals surface area contributed by atoms with Crippen LogP contribution in [0.3, 0.4) is 0 Å². The molecular weight excluding hydrogens is 343 g/mol. The Labute approximate surface area is 150 Å². The van der Waals surface area contributed by atoms with Gasteiger partial charge in [0.25, 0.3) is 0 Å². The van der Waals surface area contributed by atoms with E-state index in [4.69, 9.17) is 4.74 Å². The van der Waals surface area contributed by atoms with E-state index in [-0.39, 0.29) is 5.56 Å². The van der Waals surface area contributed by atoms with Gasteiger partial charge in [-0.25, -0.2) is 0 Å². The van der Waals surface area contributed by atoms with Crippen molar-refractivity contribution in [1.29, 1.82) is 0 Å². The Balaban J connectivity index is 1.63. The topological polar surface area (TPSA) is 41.2 Å². The number of benzene rings is 1. The molecule has 0 aliphatic carbocycles. The molecule has 7 heteroatoms. The molecule has 1 aromatic heterocycles. The van der Waals surface area contributed by atoms with Gasteiger partial charge in [-0.1, -0.05) is 12.1 Å². The van der Waals surface area contributed by atoms with Gasteiger partial charge in [0.2, 0.25) is 0 Å². The first-order valence-corrected chi connectivity index (χ1v) is 8.97. The Morgan fingerprint density at radius 2 is 2.19 bits per heavy atom. The van der Waals surface area contributed by atoms with Crippen LogP contribution in [0.4, 0.5) is 13.2 Å². The molecule has 0 unspecified atom stereocenters. The van der Waals surface area contributed by atoms with Gasteiger partial charge < -0.3 is 4.74 Å². The molecule has 26 heavy (non-hydrogen) atoms. The summed E-state index contributed by atoms with van der Waals surface area (Å²) in [7, 11) is 0. The van der Waals surface area contributed by atoms with Crippen LogP contribution in [0.15, 0.2) is 18.2 Å². The van der Waals surface area contributed by atoms with Gasteiger partial charge in [-0.15, -0.1) is 0 Å². The van der Waals surface area contributed by atoms with E-state index < -0.39 is 11.7 Å². The maximum absolute atomic E-state index is 13.3. The van der Waals surface area contributed by atoms with E-state index in [2.05, 4.69) is 15.1 Å². The highest BCUT2D eigenvalue weighted by molar-refractivity contribution is 5.69.